The topological polar surface area (TPSA) is 28.2 Å². The zero-order chi connectivity index (χ0) is 13.7. The molecule has 1 aromatic heterocycles. The molecule has 0 radical (unpaired) electrons. The van der Waals surface area contributed by atoms with E-state index in [1.807, 2.05) is 12.4 Å². The lowest BCUT2D eigenvalue weighted by Gasteiger charge is -2.32. The molecule has 19 heavy (non-hydrogen) atoms. The van der Waals surface area contributed by atoms with Crippen molar-refractivity contribution in [2.24, 2.45) is 0 Å². The van der Waals surface area contributed by atoms with Gasteiger partial charge < -0.3 is 10.2 Å². The Bertz CT molecular complexity index is 391. The van der Waals surface area contributed by atoms with E-state index in [1.54, 1.807) is 0 Å². The molecule has 3 nitrogen and oxygen atoms in total. The fourth-order valence-corrected chi connectivity index (χ4v) is 3.11. The molecule has 2 atom stereocenters. The smallest absolute Gasteiger partial charge is 0.0447 e. The monoisotopic (exact) mass is 261 g/mol. The summed E-state index contributed by atoms with van der Waals surface area (Å²) in [4.78, 5) is 6.92. The number of pyridine rings is 1. The summed E-state index contributed by atoms with van der Waals surface area (Å²) in [5.41, 5.74) is 2.72. The van der Waals surface area contributed by atoms with E-state index in [1.165, 1.54) is 36.9 Å². The average molecular weight is 261 g/mol. The maximum atomic E-state index is 4.30. The van der Waals surface area contributed by atoms with Gasteiger partial charge in [-0.1, -0.05) is 13.8 Å². The third-order valence-corrected chi connectivity index (χ3v) is 4.16. The van der Waals surface area contributed by atoms with E-state index in [0.29, 0.717) is 12.1 Å². The lowest BCUT2D eigenvalue weighted by atomic mass is 10.1. The second kappa shape index (κ2) is 6.90. The van der Waals surface area contributed by atoms with Crippen LogP contribution in [0.4, 0.5) is 5.69 Å². The van der Waals surface area contributed by atoms with Crippen molar-refractivity contribution in [1.82, 2.24) is 10.3 Å². The minimum absolute atomic E-state index is 0.650. The summed E-state index contributed by atoms with van der Waals surface area (Å²) in [6.07, 6.45) is 8.98. The number of nitrogens with zero attached hydrogens (tertiary/aromatic N) is 2. The summed E-state index contributed by atoms with van der Waals surface area (Å²) in [5.74, 6) is 0. The van der Waals surface area contributed by atoms with Crippen molar-refractivity contribution in [2.45, 2.75) is 65.1 Å². The summed E-state index contributed by atoms with van der Waals surface area (Å²) in [6.45, 7) is 8.84. The molecule has 106 valence electrons. The van der Waals surface area contributed by atoms with Crippen LogP contribution < -0.4 is 10.2 Å². The number of nitrogens with one attached hydrogen (secondary N) is 1. The van der Waals surface area contributed by atoms with Crippen molar-refractivity contribution in [3.63, 3.8) is 0 Å². The molecule has 3 heteroatoms. The molecule has 0 aromatic carbocycles. The van der Waals surface area contributed by atoms with Gasteiger partial charge >= 0.3 is 0 Å². The van der Waals surface area contributed by atoms with Crippen LogP contribution in [0.3, 0.4) is 0 Å². The van der Waals surface area contributed by atoms with Crippen LogP contribution in [0.1, 0.15) is 52.0 Å². The standard InChI is InChI=1S/C16H27N3/c1-4-9-17-11-14-12-18-10-8-16(14)19-13(3)6-7-15(19)5-2/h8,10,12-13,15,17H,4-7,9,11H2,1-3H3. The second-order valence-corrected chi connectivity index (χ2v) is 5.58. The van der Waals surface area contributed by atoms with E-state index in [-0.39, 0.29) is 0 Å². The quantitative estimate of drug-likeness (QED) is 0.796. The number of hydrogen-bond donors (Lipinski definition) is 1. The summed E-state index contributed by atoms with van der Waals surface area (Å²) >= 11 is 0. The van der Waals surface area contributed by atoms with E-state index < -0.39 is 0 Å². The zero-order valence-corrected chi connectivity index (χ0v) is 12.5. The van der Waals surface area contributed by atoms with Crippen LogP contribution in [0.25, 0.3) is 0 Å². The van der Waals surface area contributed by atoms with Crippen LogP contribution in [0, 0.1) is 0 Å². The predicted molar refractivity (Wildman–Crippen MR) is 81.5 cm³/mol. The molecule has 0 aliphatic carbocycles. The van der Waals surface area contributed by atoms with E-state index in [4.69, 9.17) is 0 Å². The Hall–Kier alpha value is -1.09. The summed E-state index contributed by atoms with van der Waals surface area (Å²) in [6, 6.07) is 3.53. The van der Waals surface area contributed by atoms with Crippen molar-refractivity contribution in [3.8, 4) is 0 Å². The number of aromatic nitrogens is 1. The lowest BCUT2D eigenvalue weighted by molar-refractivity contribution is 0.618. The average Bonchev–Trinajstić information content (AvgIpc) is 2.81. The maximum Gasteiger partial charge on any atom is 0.0447 e. The number of rotatable bonds is 6. The molecular weight excluding hydrogens is 234 g/mol. The van der Waals surface area contributed by atoms with Crippen LogP contribution in [-0.4, -0.2) is 23.6 Å². The third-order valence-electron chi connectivity index (χ3n) is 4.16. The molecule has 2 heterocycles. The van der Waals surface area contributed by atoms with Gasteiger partial charge in [-0.2, -0.15) is 0 Å². The van der Waals surface area contributed by atoms with Gasteiger partial charge in [0.25, 0.3) is 0 Å². The van der Waals surface area contributed by atoms with Gasteiger partial charge in [0.2, 0.25) is 0 Å². The molecule has 0 saturated carbocycles. The van der Waals surface area contributed by atoms with Gasteiger partial charge in [-0.05, 0) is 45.2 Å². The molecule has 1 fully saturated rings. The molecule has 2 rings (SSSR count). The van der Waals surface area contributed by atoms with Gasteiger partial charge in [0, 0.05) is 42.3 Å². The number of hydrogen-bond acceptors (Lipinski definition) is 3. The Morgan fingerprint density at radius 2 is 2.21 bits per heavy atom. The largest absolute Gasteiger partial charge is 0.365 e. The van der Waals surface area contributed by atoms with Crippen molar-refractivity contribution in [3.05, 3.63) is 24.0 Å². The Balaban J connectivity index is 2.18. The Labute approximate surface area is 117 Å². The first kappa shape index (κ1) is 14.3. The van der Waals surface area contributed by atoms with Gasteiger partial charge in [0.05, 0.1) is 0 Å². The first-order valence-corrected chi connectivity index (χ1v) is 7.69. The lowest BCUT2D eigenvalue weighted by Crippen LogP contribution is -2.35. The Morgan fingerprint density at radius 1 is 1.37 bits per heavy atom. The molecular formula is C16H27N3. The minimum Gasteiger partial charge on any atom is -0.365 e. The van der Waals surface area contributed by atoms with Gasteiger partial charge in [-0.3, -0.25) is 4.98 Å². The minimum atomic E-state index is 0.650. The first-order valence-electron chi connectivity index (χ1n) is 7.69. The second-order valence-electron chi connectivity index (χ2n) is 5.58. The van der Waals surface area contributed by atoms with Crippen LogP contribution in [0.15, 0.2) is 18.5 Å². The Kier molecular flexibility index (Phi) is 5.20. The van der Waals surface area contributed by atoms with Crippen molar-refractivity contribution >= 4 is 5.69 Å². The maximum absolute atomic E-state index is 4.30. The molecule has 1 N–H and O–H groups in total. The number of anilines is 1. The highest BCUT2D eigenvalue weighted by Crippen LogP contribution is 2.33. The molecule has 1 aromatic rings. The van der Waals surface area contributed by atoms with Gasteiger partial charge in [-0.25, -0.2) is 0 Å². The van der Waals surface area contributed by atoms with Crippen LogP contribution in [0.2, 0.25) is 0 Å². The third kappa shape index (κ3) is 3.27. The Morgan fingerprint density at radius 3 is 2.95 bits per heavy atom. The van der Waals surface area contributed by atoms with Crippen molar-refractivity contribution in [1.29, 1.82) is 0 Å². The van der Waals surface area contributed by atoms with Crippen LogP contribution >= 0.6 is 0 Å². The van der Waals surface area contributed by atoms with Crippen LogP contribution in [-0.2, 0) is 6.54 Å². The van der Waals surface area contributed by atoms with Crippen molar-refractivity contribution < 1.29 is 0 Å². The van der Waals surface area contributed by atoms with E-state index in [0.717, 1.165) is 13.1 Å². The molecule has 0 bridgehead atoms. The normalized spacial score (nSPS) is 23.0. The zero-order valence-electron chi connectivity index (χ0n) is 12.5. The molecule has 2 unspecified atom stereocenters. The van der Waals surface area contributed by atoms with Gasteiger partial charge in [-0.15, -0.1) is 0 Å². The molecule has 1 saturated heterocycles. The van der Waals surface area contributed by atoms with Crippen molar-refractivity contribution in [2.75, 3.05) is 11.4 Å². The van der Waals surface area contributed by atoms with E-state index in [9.17, 15) is 0 Å². The highest BCUT2D eigenvalue weighted by Gasteiger charge is 2.30. The highest BCUT2D eigenvalue weighted by molar-refractivity contribution is 5.54. The molecule has 1 aliphatic heterocycles. The van der Waals surface area contributed by atoms with Gasteiger partial charge in [0.15, 0.2) is 0 Å². The van der Waals surface area contributed by atoms with Gasteiger partial charge in [0.1, 0.15) is 0 Å². The van der Waals surface area contributed by atoms with Crippen LogP contribution in [0.5, 0.6) is 0 Å². The first-order chi connectivity index (χ1) is 9.27. The summed E-state index contributed by atoms with van der Waals surface area (Å²) in [7, 11) is 0. The predicted octanol–water partition coefficient (Wildman–Crippen LogP) is 3.35. The SMILES string of the molecule is CCCNCc1cnccc1N1C(C)CCC1CC. The van der Waals surface area contributed by atoms with E-state index >= 15 is 0 Å². The summed E-state index contributed by atoms with van der Waals surface area (Å²) < 4.78 is 0. The highest BCUT2D eigenvalue weighted by atomic mass is 15.2. The fourth-order valence-electron chi connectivity index (χ4n) is 3.11. The summed E-state index contributed by atoms with van der Waals surface area (Å²) in [5, 5.41) is 3.50. The molecule has 1 aliphatic rings. The molecule has 0 amide bonds. The van der Waals surface area contributed by atoms with E-state index in [2.05, 4.69) is 42.0 Å². The molecule has 0 spiro atoms. The fraction of sp³-hybridized carbons (Fsp3) is 0.688.